The summed E-state index contributed by atoms with van der Waals surface area (Å²) in [6, 6.07) is 4.71. The van der Waals surface area contributed by atoms with Crippen LogP contribution < -0.4 is 4.73 Å². The van der Waals surface area contributed by atoms with E-state index in [4.69, 9.17) is 23.2 Å². The molecule has 0 spiro atoms. The zero-order valence-corrected chi connectivity index (χ0v) is 21.8. The van der Waals surface area contributed by atoms with Gasteiger partial charge in [-0.1, -0.05) is 33.6 Å². The molecule has 0 saturated carbocycles. The molecule has 17 heteroatoms. The van der Waals surface area contributed by atoms with Crippen LogP contribution in [0.3, 0.4) is 0 Å². The molecule has 40 heavy (non-hydrogen) atoms. The highest BCUT2D eigenvalue weighted by Crippen LogP contribution is 2.34. The molecule has 0 fully saturated rings. The van der Waals surface area contributed by atoms with Crippen molar-refractivity contribution in [2.45, 2.75) is 19.1 Å². The lowest BCUT2D eigenvalue weighted by molar-refractivity contribution is -0.615. The topological polar surface area (TPSA) is 115 Å². The summed E-state index contributed by atoms with van der Waals surface area (Å²) in [6.07, 6.45) is 5.04. The third-order valence-corrected chi connectivity index (χ3v) is 6.41. The number of hydrogen-bond acceptors (Lipinski definition) is 7. The van der Waals surface area contributed by atoms with Gasteiger partial charge in [0.1, 0.15) is 6.04 Å². The fraction of sp³-hybridized carbons (Fsp3) is 0.217. The van der Waals surface area contributed by atoms with Crippen molar-refractivity contribution in [3.05, 3.63) is 81.9 Å². The minimum atomic E-state index is -3.03. The largest absolute Gasteiger partial charge is 0.618 e. The molecule has 11 nitrogen and oxygen atoms in total. The molecule has 0 bridgehead atoms. The molecular formula is C23H17Cl2F4N9O2. The van der Waals surface area contributed by atoms with E-state index in [2.05, 4.69) is 30.5 Å². The second-order valence-electron chi connectivity index (χ2n) is 8.41. The Morgan fingerprint density at radius 2 is 1.85 bits per heavy atom. The van der Waals surface area contributed by atoms with Crippen molar-refractivity contribution in [1.29, 1.82) is 0 Å². The molecule has 0 N–H and O–H groups in total. The maximum Gasteiger partial charge on any atom is 0.345 e. The number of aryl methyl sites for hydroxylation is 1. The van der Waals surface area contributed by atoms with E-state index in [1.165, 1.54) is 59.3 Å². The quantitative estimate of drug-likeness (QED) is 0.141. The highest BCUT2D eigenvalue weighted by atomic mass is 35.5. The number of hydrogen-bond donors (Lipinski definition) is 0. The van der Waals surface area contributed by atoms with Gasteiger partial charge < -0.3 is 9.94 Å². The number of benzene rings is 1. The summed E-state index contributed by atoms with van der Waals surface area (Å²) in [6.45, 7) is -3.46. The fourth-order valence-corrected chi connectivity index (χ4v) is 4.39. The summed E-state index contributed by atoms with van der Waals surface area (Å²) in [7, 11) is 1.37. The molecule has 4 aromatic heterocycles. The second kappa shape index (κ2) is 11.2. The minimum Gasteiger partial charge on any atom is -0.618 e. The van der Waals surface area contributed by atoms with Crippen LogP contribution >= 0.6 is 23.2 Å². The first-order valence-corrected chi connectivity index (χ1v) is 12.2. The van der Waals surface area contributed by atoms with Gasteiger partial charge in [-0.15, -0.1) is 10.2 Å². The maximum atomic E-state index is 15.3. The van der Waals surface area contributed by atoms with Crippen molar-refractivity contribution in [3.63, 3.8) is 0 Å². The van der Waals surface area contributed by atoms with Crippen molar-refractivity contribution < 1.29 is 27.0 Å². The lowest BCUT2D eigenvalue weighted by atomic mass is 10.0. The zero-order valence-electron chi connectivity index (χ0n) is 20.3. The molecule has 0 unspecified atom stereocenters. The molecule has 1 aromatic carbocycles. The number of nitrogens with zero attached hydrogens (tertiary/aromatic N) is 9. The Kier molecular flexibility index (Phi) is 7.69. The number of rotatable bonds is 9. The molecule has 0 amide bonds. The summed E-state index contributed by atoms with van der Waals surface area (Å²) in [5, 5.41) is 32.3. The van der Waals surface area contributed by atoms with Gasteiger partial charge in [0.2, 0.25) is 11.6 Å². The van der Waals surface area contributed by atoms with Crippen molar-refractivity contribution in [2.75, 3.05) is 6.61 Å². The van der Waals surface area contributed by atoms with E-state index in [-0.39, 0.29) is 50.4 Å². The van der Waals surface area contributed by atoms with Crippen molar-refractivity contribution in [3.8, 4) is 28.1 Å². The van der Waals surface area contributed by atoms with Gasteiger partial charge in [0.05, 0.1) is 40.8 Å². The van der Waals surface area contributed by atoms with E-state index >= 15 is 4.39 Å². The van der Waals surface area contributed by atoms with Crippen LogP contribution in [0.2, 0.25) is 10.2 Å². The minimum absolute atomic E-state index is 0.0534. The van der Waals surface area contributed by atoms with Gasteiger partial charge in [0.25, 0.3) is 0 Å². The summed E-state index contributed by atoms with van der Waals surface area (Å²) in [4.78, 5) is 0. The van der Waals surface area contributed by atoms with Gasteiger partial charge in [-0.05, 0) is 18.2 Å². The molecule has 208 valence electrons. The first-order valence-electron chi connectivity index (χ1n) is 11.4. The Morgan fingerprint density at radius 1 is 1.05 bits per heavy atom. The molecule has 0 radical (unpaired) electrons. The summed E-state index contributed by atoms with van der Waals surface area (Å²) < 4.78 is 63.3. The molecule has 5 aromatic rings. The van der Waals surface area contributed by atoms with Crippen LogP contribution in [0.25, 0.3) is 28.1 Å². The predicted molar refractivity (Wildman–Crippen MR) is 133 cm³/mol. The Labute approximate surface area is 232 Å². The molecule has 5 rings (SSSR count). The number of aromatic nitrogens is 9. The average Bonchev–Trinajstić information content (AvgIpc) is 3.65. The van der Waals surface area contributed by atoms with Crippen LogP contribution in [-0.4, -0.2) is 53.0 Å². The lowest BCUT2D eigenvalue weighted by Gasteiger charge is -2.18. The maximum absolute atomic E-state index is 15.3. The first-order chi connectivity index (χ1) is 19.1. The molecule has 0 aliphatic rings. The van der Waals surface area contributed by atoms with Crippen LogP contribution in [-0.2, 0) is 11.8 Å². The molecular weight excluding hydrogens is 581 g/mol. The van der Waals surface area contributed by atoms with Gasteiger partial charge in [-0.2, -0.15) is 23.0 Å². The Morgan fingerprint density at radius 3 is 2.50 bits per heavy atom. The highest BCUT2D eigenvalue weighted by molar-refractivity contribution is 6.31. The third kappa shape index (κ3) is 5.35. The van der Waals surface area contributed by atoms with Crippen molar-refractivity contribution in [1.82, 2.24) is 39.8 Å². The second-order valence-corrected chi connectivity index (χ2v) is 9.20. The van der Waals surface area contributed by atoms with Gasteiger partial charge >= 0.3 is 6.61 Å². The van der Waals surface area contributed by atoms with E-state index in [0.29, 0.717) is 4.73 Å². The normalized spacial score (nSPS) is 12.4. The SMILES string of the molecule is Cn1nnc(-c2cnn([C@H](CCOC(F)F)c3ccc(-c4c(-n5cc(Cl)nn5)ccc(Cl)c4F)c[n+]3[O-])c2)c1F. The van der Waals surface area contributed by atoms with Crippen LogP contribution in [0, 0.1) is 17.0 Å². The number of pyridine rings is 1. The average molecular weight is 598 g/mol. The molecule has 1 atom stereocenters. The van der Waals surface area contributed by atoms with Crippen LogP contribution in [0.1, 0.15) is 18.2 Å². The monoisotopic (exact) mass is 597 g/mol. The standard InChI is InChI=1S/C23H17Cl2F4N9O2/c1-35-22(27)21(32-33-35)13-8-30-36(9-13)15(6-7-40-23(28)29)16-4-2-12(10-38(16)39)19-17(5-3-14(24)20(19)26)37-11-18(25)31-34-37/h2-5,8-11,15,23H,6-7H2,1H3/t15-/m1/s1. The Bertz CT molecular complexity index is 1670. The highest BCUT2D eigenvalue weighted by Gasteiger charge is 2.27. The van der Waals surface area contributed by atoms with E-state index in [0.717, 1.165) is 10.9 Å². The van der Waals surface area contributed by atoms with Gasteiger partial charge in [0, 0.05) is 31.3 Å². The Hall–Kier alpha value is -4.08. The summed E-state index contributed by atoms with van der Waals surface area (Å²) in [5.41, 5.74) is 0.505. The first kappa shape index (κ1) is 27.5. The van der Waals surface area contributed by atoms with Gasteiger partial charge in [-0.3, -0.25) is 4.68 Å². The Balaban J connectivity index is 1.55. The van der Waals surface area contributed by atoms with Crippen molar-refractivity contribution >= 4 is 23.2 Å². The predicted octanol–water partition coefficient (Wildman–Crippen LogP) is 4.36. The number of alkyl halides is 2. The summed E-state index contributed by atoms with van der Waals surface area (Å²) >= 11 is 11.9. The summed E-state index contributed by atoms with van der Waals surface area (Å²) in [5.74, 6) is -1.53. The van der Waals surface area contributed by atoms with Gasteiger partial charge in [0.15, 0.2) is 22.9 Å². The molecule has 0 aliphatic carbocycles. The van der Waals surface area contributed by atoms with Gasteiger partial charge in [-0.25, -0.2) is 13.8 Å². The fourth-order valence-electron chi connectivity index (χ4n) is 4.10. The molecule has 0 aliphatic heterocycles. The van der Waals surface area contributed by atoms with E-state index in [1.807, 2.05) is 0 Å². The lowest BCUT2D eigenvalue weighted by Crippen LogP contribution is -2.36. The van der Waals surface area contributed by atoms with Crippen LogP contribution in [0.5, 0.6) is 0 Å². The van der Waals surface area contributed by atoms with E-state index in [1.54, 1.807) is 0 Å². The van der Waals surface area contributed by atoms with Crippen molar-refractivity contribution in [2.24, 2.45) is 7.05 Å². The smallest absolute Gasteiger partial charge is 0.345 e. The number of ether oxygens (including phenoxy) is 1. The van der Waals surface area contributed by atoms with E-state index in [9.17, 15) is 18.4 Å². The van der Waals surface area contributed by atoms with Crippen LogP contribution in [0.4, 0.5) is 17.6 Å². The van der Waals surface area contributed by atoms with Crippen LogP contribution in [0.15, 0.2) is 49.1 Å². The third-order valence-electron chi connectivity index (χ3n) is 5.95. The molecule has 0 saturated heterocycles. The van der Waals surface area contributed by atoms with E-state index < -0.39 is 31.0 Å². The zero-order chi connectivity index (χ0) is 28.6. The molecule has 4 heterocycles. The number of halogens is 6.